The molecule has 0 radical (unpaired) electrons. The molecule has 0 aromatic rings. The summed E-state index contributed by atoms with van der Waals surface area (Å²) in [7, 11) is 0. The minimum atomic E-state index is -1.04. The smallest absolute Gasteiger partial charge is 0.0953 e. The fourth-order valence-corrected chi connectivity index (χ4v) is 1.86. The van der Waals surface area contributed by atoms with E-state index in [9.17, 15) is 10.2 Å². The Bertz CT molecular complexity index is 158. The summed E-state index contributed by atoms with van der Waals surface area (Å²) in [4.78, 5) is 0. The maximum atomic E-state index is 10.3. The van der Waals surface area contributed by atoms with Gasteiger partial charge >= 0.3 is 0 Å². The van der Waals surface area contributed by atoms with Gasteiger partial charge in [0.2, 0.25) is 0 Å². The van der Waals surface area contributed by atoms with Crippen LogP contribution in [0.3, 0.4) is 0 Å². The Morgan fingerprint density at radius 2 is 1.46 bits per heavy atom. The highest BCUT2D eigenvalue weighted by Crippen LogP contribution is 2.36. The van der Waals surface area contributed by atoms with Crippen molar-refractivity contribution in [3.63, 3.8) is 0 Å². The van der Waals surface area contributed by atoms with Crippen molar-refractivity contribution in [2.45, 2.75) is 59.2 Å². The van der Waals surface area contributed by atoms with Gasteiger partial charge in [0.05, 0.1) is 11.2 Å². The van der Waals surface area contributed by atoms with Crippen molar-refractivity contribution in [3.8, 4) is 0 Å². The minimum Gasteiger partial charge on any atom is -0.387 e. The Balaban J connectivity index is 4.84. The molecule has 13 heavy (non-hydrogen) atoms. The third-order valence-electron chi connectivity index (χ3n) is 3.35. The average Bonchev–Trinajstić information content (AvgIpc) is 1.99. The van der Waals surface area contributed by atoms with Gasteiger partial charge in [0.1, 0.15) is 0 Å². The van der Waals surface area contributed by atoms with Crippen LogP contribution >= 0.6 is 0 Å². The number of hydrogen-bond donors (Lipinski definition) is 2. The van der Waals surface area contributed by atoms with E-state index < -0.39 is 11.2 Å². The van der Waals surface area contributed by atoms with Crippen LogP contribution in [0.1, 0.15) is 48.0 Å². The highest BCUT2D eigenvalue weighted by molar-refractivity contribution is 4.97. The third kappa shape index (κ3) is 2.44. The van der Waals surface area contributed by atoms with E-state index in [1.165, 1.54) is 0 Å². The van der Waals surface area contributed by atoms with E-state index in [0.29, 0.717) is 12.3 Å². The van der Waals surface area contributed by atoms with Crippen LogP contribution in [0, 0.1) is 11.8 Å². The SMILES string of the molecule is CCC(O)(C(C)C(C)C)C(C)(C)O. The molecule has 0 aliphatic carbocycles. The summed E-state index contributed by atoms with van der Waals surface area (Å²) in [6.45, 7) is 11.4. The first-order chi connectivity index (χ1) is 5.66. The van der Waals surface area contributed by atoms with Gasteiger partial charge in [-0.3, -0.25) is 0 Å². The largest absolute Gasteiger partial charge is 0.387 e. The molecular weight excluding hydrogens is 164 g/mol. The van der Waals surface area contributed by atoms with Gasteiger partial charge in [0.15, 0.2) is 0 Å². The van der Waals surface area contributed by atoms with E-state index in [1.54, 1.807) is 13.8 Å². The molecule has 0 heterocycles. The second kappa shape index (κ2) is 3.97. The topological polar surface area (TPSA) is 40.5 Å². The Labute approximate surface area is 82.0 Å². The average molecular weight is 188 g/mol. The van der Waals surface area contributed by atoms with Gasteiger partial charge in [-0.1, -0.05) is 27.7 Å². The predicted molar refractivity (Wildman–Crippen MR) is 55.5 cm³/mol. The first kappa shape index (κ1) is 12.9. The molecule has 0 aromatic carbocycles. The van der Waals surface area contributed by atoms with Crippen LogP contribution in [0.25, 0.3) is 0 Å². The zero-order valence-corrected chi connectivity index (χ0v) is 9.76. The molecule has 2 nitrogen and oxygen atoms in total. The Morgan fingerprint density at radius 1 is 1.08 bits per heavy atom. The molecule has 80 valence electrons. The molecule has 0 saturated carbocycles. The lowest BCUT2D eigenvalue weighted by atomic mass is 9.70. The number of aliphatic hydroxyl groups is 2. The molecule has 0 fully saturated rings. The van der Waals surface area contributed by atoms with Gasteiger partial charge in [0.25, 0.3) is 0 Å². The maximum Gasteiger partial charge on any atom is 0.0953 e. The molecular formula is C11H24O2. The van der Waals surface area contributed by atoms with Crippen molar-refractivity contribution in [1.29, 1.82) is 0 Å². The second-order valence-corrected chi connectivity index (χ2v) is 4.87. The molecule has 0 rings (SSSR count). The molecule has 0 amide bonds. The van der Waals surface area contributed by atoms with Crippen molar-refractivity contribution in [2.75, 3.05) is 0 Å². The fraction of sp³-hybridized carbons (Fsp3) is 1.00. The molecule has 2 heteroatoms. The van der Waals surface area contributed by atoms with E-state index in [4.69, 9.17) is 0 Å². The standard InChI is InChI=1S/C11H24O2/c1-7-11(13,10(5,6)12)9(4)8(2)3/h8-9,12-13H,7H2,1-6H3. The van der Waals surface area contributed by atoms with E-state index in [0.717, 1.165) is 0 Å². The quantitative estimate of drug-likeness (QED) is 0.710. The zero-order chi connectivity index (χ0) is 10.9. The predicted octanol–water partition coefficient (Wildman–Crippen LogP) is 2.19. The van der Waals surface area contributed by atoms with Crippen molar-refractivity contribution >= 4 is 0 Å². The van der Waals surface area contributed by atoms with Crippen LogP contribution in [-0.2, 0) is 0 Å². The lowest BCUT2D eigenvalue weighted by molar-refractivity contribution is -0.170. The van der Waals surface area contributed by atoms with E-state index in [2.05, 4.69) is 13.8 Å². The first-order valence-electron chi connectivity index (χ1n) is 5.11. The summed E-state index contributed by atoms with van der Waals surface area (Å²) in [6, 6.07) is 0. The van der Waals surface area contributed by atoms with E-state index in [-0.39, 0.29) is 5.92 Å². The number of hydrogen-bond acceptors (Lipinski definition) is 2. The van der Waals surface area contributed by atoms with Gasteiger partial charge in [-0.05, 0) is 32.1 Å². The van der Waals surface area contributed by atoms with Crippen LogP contribution < -0.4 is 0 Å². The van der Waals surface area contributed by atoms with Gasteiger partial charge in [0, 0.05) is 0 Å². The Hall–Kier alpha value is -0.0800. The molecule has 0 aromatic heterocycles. The molecule has 2 N–H and O–H groups in total. The molecule has 2 unspecified atom stereocenters. The summed E-state index contributed by atoms with van der Waals surface area (Å²) >= 11 is 0. The van der Waals surface area contributed by atoms with Gasteiger partial charge in [-0.25, -0.2) is 0 Å². The minimum absolute atomic E-state index is 0.0949. The van der Waals surface area contributed by atoms with Gasteiger partial charge < -0.3 is 10.2 Å². The highest BCUT2D eigenvalue weighted by atomic mass is 16.4. The molecule has 0 saturated heterocycles. The summed E-state index contributed by atoms with van der Waals surface area (Å²) in [5.41, 5.74) is -2.02. The lowest BCUT2D eigenvalue weighted by Gasteiger charge is -2.44. The molecule has 0 bridgehead atoms. The van der Waals surface area contributed by atoms with E-state index in [1.807, 2.05) is 13.8 Å². The highest BCUT2D eigenvalue weighted by Gasteiger charge is 2.45. The van der Waals surface area contributed by atoms with Crippen LogP contribution in [0.5, 0.6) is 0 Å². The second-order valence-electron chi connectivity index (χ2n) is 4.87. The Morgan fingerprint density at radius 3 is 1.54 bits per heavy atom. The van der Waals surface area contributed by atoms with Crippen LogP contribution in [-0.4, -0.2) is 21.4 Å². The fourth-order valence-electron chi connectivity index (χ4n) is 1.86. The third-order valence-corrected chi connectivity index (χ3v) is 3.35. The lowest BCUT2D eigenvalue weighted by Crippen LogP contribution is -2.55. The summed E-state index contributed by atoms with van der Waals surface area (Å²) in [5.74, 6) is 0.467. The zero-order valence-electron chi connectivity index (χ0n) is 9.76. The molecule has 2 atom stereocenters. The first-order valence-corrected chi connectivity index (χ1v) is 5.11. The van der Waals surface area contributed by atoms with Crippen LogP contribution in [0.4, 0.5) is 0 Å². The Kier molecular flexibility index (Phi) is 3.95. The summed E-state index contributed by atoms with van der Waals surface area (Å²) < 4.78 is 0. The van der Waals surface area contributed by atoms with E-state index >= 15 is 0 Å². The van der Waals surface area contributed by atoms with Crippen LogP contribution in [0.15, 0.2) is 0 Å². The molecule has 0 aliphatic heterocycles. The number of rotatable bonds is 4. The summed E-state index contributed by atoms with van der Waals surface area (Å²) in [6.07, 6.45) is 0.579. The van der Waals surface area contributed by atoms with Crippen molar-refractivity contribution in [2.24, 2.45) is 11.8 Å². The molecule has 0 spiro atoms. The van der Waals surface area contributed by atoms with Crippen molar-refractivity contribution < 1.29 is 10.2 Å². The van der Waals surface area contributed by atoms with Crippen molar-refractivity contribution in [3.05, 3.63) is 0 Å². The maximum absolute atomic E-state index is 10.3. The van der Waals surface area contributed by atoms with Gasteiger partial charge in [-0.2, -0.15) is 0 Å². The van der Waals surface area contributed by atoms with Crippen LogP contribution in [0.2, 0.25) is 0 Å². The van der Waals surface area contributed by atoms with Gasteiger partial charge in [-0.15, -0.1) is 0 Å². The molecule has 0 aliphatic rings. The summed E-state index contributed by atoms with van der Waals surface area (Å²) in [5, 5.41) is 20.3. The van der Waals surface area contributed by atoms with Crippen molar-refractivity contribution in [1.82, 2.24) is 0 Å². The monoisotopic (exact) mass is 188 g/mol. The normalized spacial score (nSPS) is 20.1.